The largest absolute Gasteiger partial charge is 0.494 e. The Labute approximate surface area is 168 Å². The number of carbonyl (C=O) groups excluding carboxylic acids is 1. The molecule has 1 amide bonds. The quantitative estimate of drug-likeness (QED) is 0.628. The van der Waals surface area contributed by atoms with E-state index in [1.807, 2.05) is 56.3 Å². The van der Waals surface area contributed by atoms with Crippen LogP contribution in [0.25, 0.3) is 11.4 Å². The van der Waals surface area contributed by atoms with E-state index in [4.69, 9.17) is 20.9 Å². The summed E-state index contributed by atoms with van der Waals surface area (Å²) in [6.07, 6.45) is 0.336. The summed E-state index contributed by atoms with van der Waals surface area (Å²) in [5.41, 5.74) is 2.58. The van der Waals surface area contributed by atoms with E-state index in [0.717, 1.165) is 22.6 Å². The number of amides is 1. The fourth-order valence-electron chi connectivity index (χ4n) is 3.33. The number of carbonyl (C=O) groups is 1. The van der Waals surface area contributed by atoms with Crippen LogP contribution >= 0.6 is 11.6 Å². The van der Waals surface area contributed by atoms with E-state index in [0.29, 0.717) is 36.3 Å². The van der Waals surface area contributed by atoms with Gasteiger partial charge in [0.15, 0.2) is 0 Å². The highest BCUT2D eigenvalue weighted by atomic mass is 35.5. The van der Waals surface area contributed by atoms with Crippen molar-refractivity contribution in [2.75, 3.05) is 18.1 Å². The molecular weight excluding hydrogens is 378 g/mol. The minimum absolute atomic E-state index is 0.0322. The molecule has 1 aliphatic rings. The molecule has 1 atom stereocenters. The number of aromatic nitrogens is 2. The second-order valence-corrected chi connectivity index (χ2v) is 7.16. The second-order valence-electron chi connectivity index (χ2n) is 6.76. The lowest BCUT2D eigenvalue weighted by molar-refractivity contribution is -0.117. The second kappa shape index (κ2) is 7.64. The van der Waals surface area contributed by atoms with Gasteiger partial charge in [-0.25, -0.2) is 0 Å². The van der Waals surface area contributed by atoms with Crippen LogP contribution in [0.3, 0.4) is 0 Å². The lowest BCUT2D eigenvalue weighted by atomic mass is 10.1. The molecule has 4 rings (SSSR count). The van der Waals surface area contributed by atoms with Gasteiger partial charge in [0.25, 0.3) is 0 Å². The van der Waals surface area contributed by atoms with E-state index in [-0.39, 0.29) is 11.8 Å². The van der Waals surface area contributed by atoms with Crippen molar-refractivity contribution in [2.24, 2.45) is 0 Å². The molecule has 1 saturated heterocycles. The third kappa shape index (κ3) is 3.60. The first-order valence-electron chi connectivity index (χ1n) is 9.18. The van der Waals surface area contributed by atoms with E-state index >= 15 is 0 Å². The molecule has 3 aromatic rings. The van der Waals surface area contributed by atoms with Gasteiger partial charge in [0.1, 0.15) is 5.75 Å². The molecule has 0 aliphatic carbocycles. The third-order valence-corrected chi connectivity index (χ3v) is 5.20. The van der Waals surface area contributed by atoms with Crippen LogP contribution < -0.4 is 9.64 Å². The molecule has 0 N–H and O–H groups in total. The van der Waals surface area contributed by atoms with Gasteiger partial charge in [-0.2, -0.15) is 4.98 Å². The molecule has 0 bridgehead atoms. The van der Waals surface area contributed by atoms with Gasteiger partial charge >= 0.3 is 0 Å². The molecule has 144 valence electrons. The van der Waals surface area contributed by atoms with Gasteiger partial charge < -0.3 is 14.2 Å². The summed E-state index contributed by atoms with van der Waals surface area (Å²) in [6.45, 7) is 4.94. The molecule has 28 heavy (non-hydrogen) atoms. The summed E-state index contributed by atoms with van der Waals surface area (Å²) in [5, 5.41) is 4.77. The summed E-state index contributed by atoms with van der Waals surface area (Å²) in [7, 11) is 0. The number of halogens is 1. The summed E-state index contributed by atoms with van der Waals surface area (Å²) in [5.74, 6) is 1.61. The van der Waals surface area contributed by atoms with Crippen molar-refractivity contribution in [3.63, 3.8) is 0 Å². The monoisotopic (exact) mass is 397 g/mol. The van der Waals surface area contributed by atoms with Gasteiger partial charge in [0, 0.05) is 29.2 Å². The normalized spacial score (nSPS) is 16.6. The number of hydrogen-bond donors (Lipinski definition) is 0. The first kappa shape index (κ1) is 18.5. The van der Waals surface area contributed by atoms with Crippen LogP contribution in [0.5, 0.6) is 5.75 Å². The number of hydrogen-bond acceptors (Lipinski definition) is 5. The zero-order chi connectivity index (χ0) is 19.7. The van der Waals surface area contributed by atoms with E-state index in [1.54, 1.807) is 4.90 Å². The van der Waals surface area contributed by atoms with Gasteiger partial charge in [-0.05, 0) is 49.7 Å². The van der Waals surface area contributed by atoms with Crippen molar-refractivity contribution in [3.05, 3.63) is 58.9 Å². The van der Waals surface area contributed by atoms with Crippen LogP contribution in [0.1, 0.15) is 30.7 Å². The van der Waals surface area contributed by atoms with Crippen molar-refractivity contribution in [2.45, 2.75) is 26.2 Å². The zero-order valence-electron chi connectivity index (χ0n) is 15.7. The number of nitrogens with zero attached hydrogens (tertiary/aromatic N) is 3. The van der Waals surface area contributed by atoms with E-state index < -0.39 is 0 Å². The molecule has 1 aromatic heterocycles. The molecule has 7 heteroatoms. The predicted octanol–water partition coefficient (Wildman–Crippen LogP) is 4.62. The molecule has 1 fully saturated rings. The van der Waals surface area contributed by atoms with Crippen LogP contribution in [0.4, 0.5) is 5.69 Å². The number of aryl methyl sites for hydroxylation is 1. The van der Waals surface area contributed by atoms with Crippen LogP contribution in [-0.2, 0) is 4.79 Å². The van der Waals surface area contributed by atoms with Crippen molar-refractivity contribution in [1.82, 2.24) is 10.1 Å². The zero-order valence-corrected chi connectivity index (χ0v) is 16.4. The fraction of sp³-hybridized carbons (Fsp3) is 0.286. The number of rotatable bonds is 5. The van der Waals surface area contributed by atoms with Crippen molar-refractivity contribution < 1.29 is 14.1 Å². The SMILES string of the molecule is CCOc1cccc(-c2noc(C3CC(=O)N(c4ccc(Cl)c(C)c4)C3)n2)c1. The predicted molar refractivity (Wildman–Crippen MR) is 107 cm³/mol. The maximum atomic E-state index is 12.5. The molecule has 1 aliphatic heterocycles. The highest BCUT2D eigenvalue weighted by molar-refractivity contribution is 6.31. The molecule has 6 nitrogen and oxygen atoms in total. The van der Waals surface area contributed by atoms with Crippen molar-refractivity contribution in [3.8, 4) is 17.1 Å². The molecule has 0 saturated carbocycles. The number of ether oxygens (including phenoxy) is 1. The molecule has 2 heterocycles. The highest BCUT2D eigenvalue weighted by Crippen LogP contribution is 2.33. The Kier molecular flexibility index (Phi) is 5.05. The molecule has 2 aromatic carbocycles. The van der Waals surface area contributed by atoms with Gasteiger partial charge in [0.2, 0.25) is 17.6 Å². The molecule has 0 radical (unpaired) electrons. The lowest BCUT2D eigenvalue weighted by Crippen LogP contribution is -2.24. The lowest BCUT2D eigenvalue weighted by Gasteiger charge is -2.17. The van der Waals surface area contributed by atoms with E-state index in [1.165, 1.54) is 0 Å². The Balaban J connectivity index is 1.54. The smallest absolute Gasteiger partial charge is 0.232 e. The Morgan fingerprint density at radius 1 is 1.29 bits per heavy atom. The first-order valence-corrected chi connectivity index (χ1v) is 9.56. The first-order chi connectivity index (χ1) is 13.5. The van der Waals surface area contributed by atoms with E-state index in [2.05, 4.69) is 10.1 Å². The average molecular weight is 398 g/mol. The summed E-state index contributed by atoms with van der Waals surface area (Å²) < 4.78 is 11.0. The minimum atomic E-state index is -0.139. The number of benzene rings is 2. The summed E-state index contributed by atoms with van der Waals surface area (Å²) in [6, 6.07) is 13.1. The fourth-order valence-corrected chi connectivity index (χ4v) is 3.45. The van der Waals surface area contributed by atoms with Crippen LogP contribution in [0, 0.1) is 6.92 Å². The number of anilines is 1. The molecular formula is C21H20ClN3O3. The minimum Gasteiger partial charge on any atom is -0.494 e. The van der Waals surface area contributed by atoms with Gasteiger partial charge in [-0.3, -0.25) is 4.79 Å². The Hall–Kier alpha value is -2.86. The third-order valence-electron chi connectivity index (χ3n) is 4.77. The van der Waals surface area contributed by atoms with Gasteiger partial charge in [-0.1, -0.05) is 28.9 Å². The molecule has 0 spiro atoms. The topological polar surface area (TPSA) is 68.5 Å². The van der Waals surface area contributed by atoms with Crippen LogP contribution in [0.2, 0.25) is 5.02 Å². The van der Waals surface area contributed by atoms with Crippen LogP contribution in [-0.4, -0.2) is 29.2 Å². The molecule has 1 unspecified atom stereocenters. The Bertz CT molecular complexity index is 1020. The Morgan fingerprint density at radius 2 is 2.14 bits per heavy atom. The van der Waals surface area contributed by atoms with Gasteiger partial charge in [-0.15, -0.1) is 0 Å². The maximum Gasteiger partial charge on any atom is 0.232 e. The van der Waals surface area contributed by atoms with E-state index in [9.17, 15) is 4.79 Å². The Morgan fingerprint density at radius 3 is 2.93 bits per heavy atom. The van der Waals surface area contributed by atoms with Crippen LogP contribution in [0.15, 0.2) is 47.0 Å². The maximum absolute atomic E-state index is 12.5. The van der Waals surface area contributed by atoms with Crippen molar-refractivity contribution in [1.29, 1.82) is 0 Å². The average Bonchev–Trinajstić information content (AvgIpc) is 3.32. The van der Waals surface area contributed by atoms with Gasteiger partial charge in [0.05, 0.1) is 12.5 Å². The summed E-state index contributed by atoms with van der Waals surface area (Å²) >= 11 is 6.09. The van der Waals surface area contributed by atoms with Crippen molar-refractivity contribution >= 4 is 23.2 Å². The highest BCUT2D eigenvalue weighted by Gasteiger charge is 2.35. The summed E-state index contributed by atoms with van der Waals surface area (Å²) in [4.78, 5) is 18.8. The standard InChI is InChI=1S/C21H20ClN3O3/c1-3-27-17-6-4-5-14(10-17)20-23-21(28-24-20)15-11-19(26)25(12-15)16-7-8-18(22)13(2)9-16/h4-10,15H,3,11-12H2,1-2H3.